The highest BCUT2D eigenvalue weighted by Crippen LogP contribution is 2.11. The van der Waals surface area contributed by atoms with Gasteiger partial charge in [-0.3, -0.25) is 4.79 Å². The second-order valence-corrected chi connectivity index (χ2v) is 3.42. The summed E-state index contributed by atoms with van der Waals surface area (Å²) in [7, 11) is 0. The largest absolute Gasteiger partial charge is 0.481 e. The number of aliphatic carboxylic acids is 1. The molecule has 1 fully saturated rings. The fourth-order valence-electron chi connectivity index (χ4n) is 1.58. The number of ether oxygens (including phenoxy) is 1. The van der Waals surface area contributed by atoms with Gasteiger partial charge in [0.15, 0.2) is 0 Å². The predicted molar refractivity (Wildman–Crippen MR) is 48.7 cm³/mol. The molecule has 4 heteroatoms. The molecule has 0 aromatic heterocycles. The van der Waals surface area contributed by atoms with Gasteiger partial charge in [0.2, 0.25) is 0 Å². The van der Waals surface area contributed by atoms with Crippen LogP contribution in [0, 0.1) is 0 Å². The van der Waals surface area contributed by atoms with Gasteiger partial charge in [-0.2, -0.15) is 0 Å². The van der Waals surface area contributed by atoms with Crippen molar-refractivity contribution in [1.82, 2.24) is 5.32 Å². The van der Waals surface area contributed by atoms with Gasteiger partial charge >= 0.3 is 5.97 Å². The molecular formula is C9H17NO3. The summed E-state index contributed by atoms with van der Waals surface area (Å²) >= 11 is 0. The number of carboxylic acids is 1. The first kappa shape index (κ1) is 10.5. The molecule has 2 N–H and O–H groups in total. The molecule has 76 valence electrons. The van der Waals surface area contributed by atoms with Crippen molar-refractivity contribution in [2.45, 2.75) is 38.4 Å². The van der Waals surface area contributed by atoms with E-state index < -0.39 is 5.97 Å². The molecule has 0 saturated carbocycles. The Kier molecular flexibility index (Phi) is 4.18. The van der Waals surface area contributed by atoms with E-state index in [9.17, 15) is 4.79 Å². The van der Waals surface area contributed by atoms with Crippen LogP contribution in [0.4, 0.5) is 0 Å². The molecule has 0 bridgehead atoms. The Bertz CT molecular complexity index is 170. The third-order valence-electron chi connectivity index (χ3n) is 2.14. The average Bonchev–Trinajstić information content (AvgIpc) is 2.04. The number of carbonyl (C=O) groups is 1. The topological polar surface area (TPSA) is 58.6 Å². The number of carboxylic acid groups (broad SMARTS) is 1. The lowest BCUT2D eigenvalue weighted by Gasteiger charge is -2.29. The molecule has 1 rings (SSSR count). The number of hydrogen-bond donors (Lipinski definition) is 2. The van der Waals surface area contributed by atoms with Crippen LogP contribution in [0.3, 0.4) is 0 Å². The molecular weight excluding hydrogens is 170 g/mol. The van der Waals surface area contributed by atoms with Gasteiger partial charge in [-0.25, -0.2) is 0 Å². The summed E-state index contributed by atoms with van der Waals surface area (Å²) in [5, 5.41) is 11.8. The van der Waals surface area contributed by atoms with Crippen LogP contribution in [0.25, 0.3) is 0 Å². The van der Waals surface area contributed by atoms with Gasteiger partial charge in [0.1, 0.15) is 0 Å². The van der Waals surface area contributed by atoms with Gasteiger partial charge in [0.05, 0.1) is 18.6 Å². The van der Waals surface area contributed by atoms with Crippen LogP contribution in [0.1, 0.15) is 26.2 Å². The Labute approximate surface area is 78.3 Å². The van der Waals surface area contributed by atoms with Crippen LogP contribution in [0.2, 0.25) is 0 Å². The van der Waals surface area contributed by atoms with Gasteiger partial charge in [-0.1, -0.05) is 13.3 Å². The Hall–Kier alpha value is -0.610. The minimum absolute atomic E-state index is 0.104. The molecule has 0 aromatic rings. The smallest absolute Gasteiger partial charge is 0.306 e. The van der Waals surface area contributed by atoms with Crippen molar-refractivity contribution in [3.63, 3.8) is 0 Å². The number of nitrogens with one attached hydrogen (secondary N) is 1. The molecule has 0 spiro atoms. The molecule has 1 heterocycles. The molecule has 13 heavy (non-hydrogen) atoms. The molecule has 0 aliphatic carbocycles. The summed E-state index contributed by atoms with van der Waals surface area (Å²) in [4.78, 5) is 10.4. The van der Waals surface area contributed by atoms with Gasteiger partial charge in [-0.15, -0.1) is 0 Å². The molecule has 0 radical (unpaired) electrons. The van der Waals surface area contributed by atoms with E-state index in [1.54, 1.807) is 0 Å². The maximum absolute atomic E-state index is 10.4. The zero-order chi connectivity index (χ0) is 9.68. The van der Waals surface area contributed by atoms with E-state index in [4.69, 9.17) is 9.84 Å². The third-order valence-corrected chi connectivity index (χ3v) is 2.14. The Morgan fingerprint density at radius 2 is 2.23 bits per heavy atom. The van der Waals surface area contributed by atoms with Crippen molar-refractivity contribution < 1.29 is 14.6 Å². The van der Waals surface area contributed by atoms with Gasteiger partial charge in [0, 0.05) is 13.1 Å². The van der Waals surface area contributed by atoms with Crippen molar-refractivity contribution in [3.8, 4) is 0 Å². The van der Waals surface area contributed by atoms with E-state index in [-0.39, 0.29) is 18.6 Å². The molecule has 1 aliphatic rings. The first-order valence-electron chi connectivity index (χ1n) is 4.80. The minimum Gasteiger partial charge on any atom is -0.481 e. The first-order valence-corrected chi connectivity index (χ1v) is 4.80. The average molecular weight is 187 g/mol. The van der Waals surface area contributed by atoms with E-state index in [1.165, 1.54) is 0 Å². The Morgan fingerprint density at radius 3 is 2.85 bits per heavy atom. The van der Waals surface area contributed by atoms with Crippen LogP contribution in [-0.4, -0.2) is 36.4 Å². The summed E-state index contributed by atoms with van der Waals surface area (Å²) in [5.74, 6) is -0.788. The van der Waals surface area contributed by atoms with E-state index in [1.807, 2.05) is 0 Å². The third kappa shape index (κ3) is 3.74. The number of hydrogen-bond acceptors (Lipinski definition) is 3. The summed E-state index contributed by atoms with van der Waals surface area (Å²) in [6.07, 6.45) is 2.23. The van der Waals surface area contributed by atoms with Crippen LogP contribution >= 0.6 is 0 Å². The van der Waals surface area contributed by atoms with Crippen molar-refractivity contribution >= 4 is 5.97 Å². The standard InChI is InChI=1S/C9H17NO3/c1-2-3-7-5-10-6-8(13-7)4-9(11)12/h7-8,10H,2-6H2,1H3,(H,11,12). The van der Waals surface area contributed by atoms with E-state index in [0.717, 1.165) is 19.4 Å². The van der Waals surface area contributed by atoms with E-state index in [2.05, 4.69) is 12.2 Å². The molecule has 0 amide bonds. The minimum atomic E-state index is -0.788. The van der Waals surface area contributed by atoms with Crippen molar-refractivity contribution in [2.24, 2.45) is 0 Å². The second-order valence-electron chi connectivity index (χ2n) is 3.42. The Morgan fingerprint density at radius 1 is 1.54 bits per heavy atom. The highest BCUT2D eigenvalue weighted by molar-refractivity contribution is 5.67. The SMILES string of the molecule is CCCC1CNCC(CC(=O)O)O1. The maximum Gasteiger partial charge on any atom is 0.306 e. The molecule has 2 atom stereocenters. The second kappa shape index (κ2) is 5.19. The Balaban J connectivity index is 2.28. The highest BCUT2D eigenvalue weighted by Gasteiger charge is 2.22. The van der Waals surface area contributed by atoms with E-state index >= 15 is 0 Å². The zero-order valence-corrected chi connectivity index (χ0v) is 7.95. The van der Waals surface area contributed by atoms with Gasteiger partial charge in [0.25, 0.3) is 0 Å². The monoisotopic (exact) mass is 187 g/mol. The molecule has 4 nitrogen and oxygen atoms in total. The van der Waals surface area contributed by atoms with Crippen LogP contribution in [0.15, 0.2) is 0 Å². The number of morpholine rings is 1. The summed E-state index contributed by atoms with van der Waals surface area (Å²) in [5.41, 5.74) is 0. The lowest BCUT2D eigenvalue weighted by molar-refractivity contribution is -0.142. The summed E-state index contributed by atoms with van der Waals surface area (Å²) < 4.78 is 5.59. The molecule has 2 unspecified atom stereocenters. The molecule has 1 saturated heterocycles. The van der Waals surface area contributed by atoms with Crippen molar-refractivity contribution in [1.29, 1.82) is 0 Å². The number of rotatable bonds is 4. The van der Waals surface area contributed by atoms with Gasteiger partial charge in [-0.05, 0) is 6.42 Å². The lowest BCUT2D eigenvalue weighted by atomic mass is 10.1. The van der Waals surface area contributed by atoms with Crippen LogP contribution < -0.4 is 5.32 Å². The quantitative estimate of drug-likeness (QED) is 0.677. The highest BCUT2D eigenvalue weighted by atomic mass is 16.5. The molecule has 0 aromatic carbocycles. The van der Waals surface area contributed by atoms with Crippen LogP contribution in [0.5, 0.6) is 0 Å². The molecule has 1 aliphatic heterocycles. The summed E-state index contributed by atoms with van der Waals surface area (Å²) in [6.45, 7) is 3.61. The first-order chi connectivity index (χ1) is 6.22. The van der Waals surface area contributed by atoms with Crippen LogP contribution in [-0.2, 0) is 9.53 Å². The van der Waals surface area contributed by atoms with E-state index in [0.29, 0.717) is 6.54 Å². The maximum atomic E-state index is 10.4. The normalized spacial score (nSPS) is 28.7. The lowest BCUT2D eigenvalue weighted by Crippen LogP contribution is -2.45. The predicted octanol–water partition coefficient (Wildman–Crippen LogP) is 0.618. The van der Waals surface area contributed by atoms with Gasteiger partial charge < -0.3 is 15.2 Å². The summed E-state index contributed by atoms with van der Waals surface area (Å²) in [6, 6.07) is 0. The fourth-order valence-corrected chi connectivity index (χ4v) is 1.58. The van der Waals surface area contributed by atoms with Crippen molar-refractivity contribution in [2.75, 3.05) is 13.1 Å². The zero-order valence-electron chi connectivity index (χ0n) is 7.95. The fraction of sp³-hybridized carbons (Fsp3) is 0.889. The van der Waals surface area contributed by atoms with Crippen molar-refractivity contribution in [3.05, 3.63) is 0 Å².